The van der Waals surface area contributed by atoms with E-state index in [1.807, 2.05) is 0 Å². The molecule has 6 heteroatoms. The summed E-state index contributed by atoms with van der Waals surface area (Å²) in [4.78, 5) is -0.893. The molecule has 0 atom stereocenters. The van der Waals surface area contributed by atoms with Crippen LogP contribution in [0.3, 0.4) is 0 Å². The highest BCUT2D eigenvalue weighted by molar-refractivity contribution is 9.10. The second kappa shape index (κ2) is 3.34. The topological polar surface area (TPSA) is 34.1 Å². The summed E-state index contributed by atoms with van der Waals surface area (Å²) >= 11 is 2.96. The van der Waals surface area contributed by atoms with Crippen LogP contribution in [0.25, 0.3) is 0 Å². The zero-order valence-electron chi connectivity index (χ0n) is 6.51. The van der Waals surface area contributed by atoms with Gasteiger partial charge in [-0.05, 0) is 24.6 Å². The van der Waals surface area contributed by atoms with Gasteiger partial charge in [-0.3, -0.25) is 0 Å². The predicted octanol–water partition coefficient (Wildman–Crippen LogP) is 2.55. The maximum absolute atomic E-state index is 13.0. The minimum atomic E-state index is -4.98. The zero-order chi connectivity index (χ0) is 10.2. The van der Waals surface area contributed by atoms with Crippen molar-refractivity contribution in [2.45, 2.75) is 11.8 Å². The standard InChI is InChI=1S/C7H5BrF2O2S/c1-4-2-5(8)3-6(9)7(4)13(10,11)12/h2-3H,1H3. The Morgan fingerprint density at radius 1 is 1.38 bits per heavy atom. The largest absolute Gasteiger partial charge is 0.335 e. The first-order valence-corrected chi connectivity index (χ1v) is 5.40. The van der Waals surface area contributed by atoms with E-state index in [9.17, 15) is 16.7 Å². The molecule has 1 aromatic carbocycles. The Hall–Kier alpha value is -0.490. The van der Waals surface area contributed by atoms with Crippen molar-refractivity contribution in [3.05, 3.63) is 28.0 Å². The fourth-order valence-electron chi connectivity index (χ4n) is 0.998. The van der Waals surface area contributed by atoms with E-state index in [0.717, 1.165) is 6.07 Å². The molecule has 0 aliphatic carbocycles. The summed E-state index contributed by atoms with van der Waals surface area (Å²) in [5, 5.41) is 0. The monoisotopic (exact) mass is 270 g/mol. The van der Waals surface area contributed by atoms with Gasteiger partial charge in [0, 0.05) is 4.47 Å². The smallest absolute Gasteiger partial charge is 0.205 e. The first kappa shape index (κ1) is 10.6. The van der Waals surface area contributed by atoms with E-state index < -0.39 is 20.9 Å². The predicted molar refractivity (Wildman–Crippen MR) is 47.1 cm³/mol. The normalized spacial score (nSPS) is 11.7. The van der Waals surface area contributed by atoms with Crippen LogP contribution < -0.4 is 0 Å². The molecule has 0 fully saturated rings. The molecule has 0 amide bonds. The van der Waals surface area contributed by atoms with Crippen molar-refractivity contribution in [1.29, 1.82) is 0 Å². The average Bonchev–Trinajstić information content (AvgIpc) is 1.78. The van der Waals surface area contributed by atoms with Crippen LogP contribution in [0.4, 0.5) is 8.28 Å². The van der Waals surface area contributed by atoms with Crippen molar-refractivity contribution in [2.75, 3.05) is 0 Å². The summed E-state index contributed by atoms with van der Waals surface area (Å²) in [6, 6.07) is 2.23. The van der Waals surface area contributed by atoms with Gasteiger partial charge in [0.2, 0.25) is 0 Å². The van der Waals surface area contributed by atoms with Gasteiger partial charge in [-0.25, -0.2) is 4.39 Å². The highest BCUT2D eigenvalue weighted by atomic mass is 79.9. The Morgan fingerprint density at radius 2 is 1.92 bits per heavy atom. The van der Waals surface area contributed by atoms with Crippen LogP contribution in [0.5, 0.6) is 0 Å². The van der Waals surface area contributed by atoms with Gasteiger partial charge >= 0.3 is 10.2 Å². The molecule has 0 N–H and O–H groups in total. The summed E-state index contributed by atoms with van der Waals surface area (Å²) in [5.74, 6) is -1.09. The Kier molecular flexibility index (Phi) is 2.72. The lowest BCUT2D eigenvalue weighted by Gasteiger charge is -2.02. The van der Waals surface area contributed by atoms with Crippen molar-refractivity contribution in [2.24, 2.45) is 0 Å². The minimum absolute atomic E-state index is 0.0365. The number of aryl methyl sites for hydroxylation is 1. The third-order valence-electron chi connectivity index (χ3n) is 1.44. The molecule has 0 aliphatic rings. The summed E-state index contributed by atoms with van der Waals surface area (Å²) in [6.45, 7) is 1.32. The van der Waals surface area contributed by atoms with Gasteiger partial charge in [-0.15, -0.1) is 3.89 Å². The molecular formula is C7H5BrF2O2S. The Labute approximate surface area is 82.9 Å². The molecule has 72 valence electrons. The maximum Gasteiger partial charge on any atom is 0.335 e. The quantitative estimate of drug-likeness (QED) is 0.735. The summed E-state index contributed by atoms with van der Waals surface area (Å²) in [7, 11) is -4.98. The van der Waals surface area contributed by atoms with E-state index in [0.29, 0.717) is 4.47 Å². The van der Waals surface area contributed by atoms with Crippen molar-refractivity contribution in [1.82, 2.24) is 0 Å². The van der Waals surface area contributed by atoms with Crippen LogP contribution >= 0.6 is 15.9 Å². The van der Waals surface area contributed by atoms with E-state index in [1.165, 1.54) is 13.0 Å². The summed E-state index contributed by atoms with van der Waals surface area (Å²) in [5.41, 5.74) is 0.0365. The average molecular weight is 271 g/mol. The highest BCUT2D eigenvalue weighted by Crippen LogP contribution is 2.25. The molecule has 0 aromatic heterocycles. The molecule has 0 radical (unpaired) electrons. The first-order chi connectivity index (χ1) is 5.82. The van der Waals surface area contributed by atoms with Gasteiger partial charge in [0.25, 0.3) is 0 Å². The summed E-state index contributed by atoms with van der Waals surface area (Å²) in [6.07, 6.45) is 0. The summed E-state index contributed by atoms with van der Waals surface area (Å²) < 4.78 is 46.7. The van der Waals surface area contributed by atoms with Crippen LogP contribution in [-0.2, 0) is 10.2 Å². The molecule has 1 aromatic rings. The fourth-order valence-corrected chi connectivity index (χ4v) is 2.28. The van der Waals surface area contributed by atoms with Crippen molar-refractivity contribution >= 4 is 26.2 Å². The second-order valence-electron chi connectivity index (χ2n) is 2.47. The van der Waals surface area contributed by atoms with Gasteiger partial charge in [-0.2, -0.15) is 8.42 Å². The third kappa shape index (κ3) is 2.25. The van der Waals surface area contributed by atoms with Gasteiger partial charge in [0.05, 0.1) is 0 Å². The van der Waals surface area contributed by atoms with E-state index in [2.05, 4.69) is 15.9 Å². The number of hydrogen-bond acceptors (Lipinski definition) is 2. The number of rotatable bonds is 1. The van der Waals surface area contributed by atoms with Crippen LogP contribution in [0, 0.1) is 12.7 Å². The Bertz CT molecular complexity index is 419. The van der Waals surface area contributed by atoms with E-state index >= 15 is 0 Å². The molecule has 0 saturated carbocycles. The molecule has 0 spiro atoms. The molecule has 2 nitrogen and oxygen atoms in total. The molecule has 13 heavy (non-hydrogen) atoms. The van der Waals surface area contributed by atoms with E-state index in [-0.39, 0.29) is 5.56 Å². The van der Waals surface area contributed by atoms with Crippen molar-refractivity contribution in [3.8, 4) is 0 Å². The zero-order valence-corrected chi connectivity index (χ0v) is 8.92. The lowest BCUT2D eigenvalue weighted by atomic mass is 10.2. The third-order valence-corrected chi connectivity index (χ3v) is 2.90. The lowest BCUT2D eigenvalue weighted by molar-refractivity contribution is 0.531. The first-order valence-electron chi connectivity index (χ1n) is 3.22. The van der Waals surface area contributed by atoms with Crippen LogP contribution in [0.1, 0.15) is 5.56 Å². The molecular weight excluding hydrogens is 266 g/mol. The Balaban J connectivity index is 3.57. The van der Waals surface area contributed by atoms with E-state index in [1.54, 1.807) is 0 Å². The van der Waals surface area contributed by atoms with Gasteiger partial charge < -0.3 is 0 Å². The maximum atomic E-state index is 13.0. The fraction of sp³-hybridized carbons (Fsp3) is 0.143. The highest BCUT2D eigenvalue weighted by Gasteiger charge is 2.20. The molecule has 1 rings (SSSR count). The number of benzene rings is 1. The molecule has 0 saturated heterocycles. The van der Waals surface area contributed by atoms with Gasteiger partial charge in [0.15, 0.2) is 0 Å². The van der Waals surface area contributed by atoms with Crippen molar-refractivity contribution < 1.29 is 16.7 Å². The lowest BCUT2D eigenvalue weighted by Crippen LogP contribution is -1.99. The van der Waals surface area contributed by atoms with Crippen LogP contribution in [0.15, 0.2) is 21.5 Å². The van der Waals surface area contributed by atoms with Crippen LogP contribution in [-0.4, -0.2) is 8.42 Å². The number of halogens is 3. The molecule has 0 bridgehead atoms. The molecule has 0 heterocycles. The Morgan fingerprint density at radius 3 is 2.31 bits per heavy atom. The second-order valence-corrected chi connectivity index (χ2v) is 4.67. The minimum Gasteiger partial charge on any atom is -0.205 e. The van der Waals surface area contributed by atoms with Gasteiger partial charge in [-0.1, -0.05) is 15.9 Å². The van der Waals surface area contributed by atoms with Crippen molar-refractivity contribution in [3.63, 3.8) is 0 Å². The number of hydrogen-bond donors (Lipinski definition) is 0. The van der Waals surface area contributed by atoms with Gasteiger partial charge in [0.1, 0.15) is 10.7 Å². The molecule has 0 aliphatic heterocycles. The van der Waals surface area contributed by atoms with E-state index in [4.69, 9.17) is 0 Å². The SMILES string of the molecule is Cc1cc(Br)cc(F)c1S(=O)(=O)F. The molecule has 0 unspecified atom stereocenters. The van der Waals surface area contributed by atoms with Crippen LogP contribution in [0.2, 0.25) is 0 Å².